The van der Waals surface area contributed by atoms with Gasteiger partial charge in [0.2, 0.25) is 0 Å². The van der Waals surface area contributed by atoms with Crippen molar-refractivity contribution in [2.75, 3.05) is 17.7 Å². The summed E-state index contributed by atoms with van der Waals surface area (Å²) in [7, 11) is 1.92. The molecule has 4 heteroatoms. The number of hydrogen-bond acceptors (Lipinski definition) is 2. The smallest absolute Gasteiger partial charge is 0.110 e. The SMILES string of the molecule is CN(c1ccc[nH]1)c1c(N)cccc1Cl. The molecule has 78 valence electrons. The molecule has 3 N–H and O–H groups in total. The summed E-state index contributed by atoms with van der Waals surface area (Å²) < 4.78 is 0. The second-order valence-electron chi connectivity index (χ2n) is 3.29. The fraction of sp³-hybridized carbons (Fsp3) is 0.0909. The molecule has 0 amide bonds. The summed E-state index contributed by atoms with van der Waals surface area (Å²) in [6.45, 7) is 0. The van der Waals surface area contributed by atoms with Gasteiger partial charge in [0.1, 0.15) is 5.82 Å². The number of benzene rings is 1. The summed E-state index contributed by atoms with van der Waals surface area (Å²) in [6.07, 6.45) is 1.86. The van der Waals surface area contributed by atoms with Crippen LogP contribution in [0.25, 0.3) is 0 Å². The first-order valence-electron chi connectivity index (χ1n) is 4.61. The average Bonchev–Trinajstić information content (AvgIpc) is 2.69. The van der Waals surface area contributed by atoms with Crippen LogP contribution in [0.15, 0.2) is 36.5 Å². The molecule has 0 saturated heterocycles. The second-order valence-corrected chi connectivity index (χ2v) is 3.70. The number of nitrogens with two attached hydrogens (primary N) is 1. The summed E-state index contributed by atoms with van der Waals surface area (Å²) in [5.41, 5.74) is 7.38. The highest BCUT2D eigenvalue weighted by molar-refractivity contribution is 6.34. The first-order chi connectivity index (χ1) is 7.20. The van der Waals surface area contributed by atoms with Gasteiger partial charge in [-0.1, -0.05) is 17.7 Å². The van der Waals surface area contributed by atoms with Crippen LogP contribution in [0.5, 0.6) is 0 Å². The van der Waals surface area contributed by atoms with Gasteiger partial charge in [-0.05, 0) is 24.3 Å². The number of para-hydroxylation sites is 1. The minimum atomic E-state index is 0.645. The van der Waals surface area contributed by atoms with Crippen LogP contribution in [0.3, 0.4) is 0 Å². The van der Waals surface area contributed by atoms with Gasteiger partial charge in [-0.25, -0.2) is 0 Å². The van der Waals surface area contributed by atoms with Crippen molar-refractivity contribution < 1.29 is 0 Å². The summed E-state index contributed by atoms with van der Waals surface area (Å²) >= 11 is 6.11. The van der Waals surface area contributed by atoms with Crippen molar-refractivity contribution in [1.29, 1.82) is 0 Å². The maximum atomic E-state index is 6.11. The normalized spacial score (nSPS) is 10.3. The van der Waals surface area contributed by atoms with E-state index in [-0.39, 0.29) is 0 Å². The van der Waals surface area contributed by atoms with E-state index < -0.39 is 0 Å². The highest BCUT2D eigenvalue weighted by Gasteiger charge is 2.11. The Morgan fingerprint density at radius 2 is 2.07 bits per heavy atom. The van der Waals surface area contributed by atoms with E-state index in [0.29, 0.717) is 10.7 Å². The number of aromatic amines is 1. The van der Waals surface area contributed by atoms with Crippen molar-refractivity contribution in [1.82, 2.24) is 4.98 Å². The lowest BCUT2D eigenvalue weighted by atomic mass is 10.2. The van der Waals surface area contributed by atoms with E-state index in [1.54, 1.807) is 0 Å². The minimum absolute atomic E-state index is 0.645. The Morgan fingerprint density at radius 1 is 1.27 bits per heavy atom. The van der Waals surface area contributed by atoms with Gasteiger partial charge in [0.15, 0.2) is 0 Å². The van der Waals surface area contributed by atoms with Crippen LogP contribution in [0.4, 0.5) is 17.2 Å². The fourth-order valence-corrected chi connectivity index (χ4v) is 1.84. The average molecular weight is 222 g/mol. The number of hydrogen-bond donors (Lipinski definition) is 2. The quantitative estimate of drug-likeness (QED) is 0.766. The van der Waals surface area contributed by atoms with Crippen LogP contribution in [0.2, 0.25) is 5.02 Å². The number of nitrogens with one attached hydrogen (secondary N) is 1. The lowest BCUT2D eigenvalue weighted by Crippen LogP contribution is -2.12. The van der Waals surface area contributed by atoms with Crippen molar-refractivity contribution in [2.24, 2.45) is 0 Å². The minimum Gasteiger partial charge on any atom is -0.397 e. The molecule has 0 bridgehead atoms. The first-order valence-corrected chi connectivity index (χ1v) is 4.99. The van der Waals surface area contributed by atoms with Gasteiger partial charge < -0.3 is 15.6 Å². The van der Waals surface area contributed by atoms with Gasteiger partial charge in [0.05, 0.1) is 16.4 Å². The third-order valence-corrected chi connectivity index (χ3v) is 2.60. The number of rotatable bonds is 2. The number of H-pyrrole nitrogens is 1. The molecule has 1 heterocycles. The maximum Gasteiger partial charge on any atom is 0.110 e. The van der Waals surface area contributed by atoms with Gasteiger partial charge in [0, 0.05) is 13.2 Å². The Kier molecular flexibility index (Phi) is 2.56. The first kappa shape index (κ1) is 9.93. The number of halogens is 1. The van der Waals surface area contributed by atoms with E-state index in [0.717, 1.165) is 11.5 Å². The van der Waals surface area contributed by atoms with Crippen LogP contribution in [0, 0.1) is 0 Å². The highest BCUT2D eigenvalue weighted by atomic mass is 35.5. The molecular weight excluding hydrogens is 210 g/mol. The largest absolute Gasteiger partial charge is 0.397 e. The van der Waals surface area contributed by atoms with Crippen molar-refractivity contribution in [3.05, 3.63) is 41.6 Å². The predicted octanol–water partition coefficient (Wildman–Crippen LogP) is 3.02. The van der Waals surface area contributed by atoms with Crippen LogP contribution >= 0.6 is 11.6 Å². The predicted molar refractivity (Wildman–Crippen MR) is 64.7 cm³/mol. The van der Waals surface area contributed by atoms with E-state index in [1.165, 1.54) is 0 Å². The van der Waals surface area contributed by atoms with E-state index in [4.69, 9.17) is 17.3 Å². The molecule has 1 aromatic carbocycles. The molecular formula is C11H12ClN3. The number of anilines is 3. The fourth-order valence-electron chi connectivity index (χ4n) is 1.54. The topological polar surface area (TPSA) is 45.0 Å². The Balaban J connectivity index is 2.46. The second kappa shape index (κ2) is 3.87. The van der Waals surface area contributed by atoms with E-state index >= 15 is 0 Å². The van der Waals surface area contributed by atoms with Gasteiger partial charge >= 0.3 is 0 Å². The zero-order valence-electron chi connectivity index (χ0n) is 8.37. The van der Waals surface area contributed by atoms with Crippen molar-refractivity contribution in [2.45, 2.75) is 0 Å². The molecule has 1 aromatic heterocycles. The van der Waals surface area contributed by atoms with E-state index in [1.807, 2.05) is 48.5 Å². The standard InChI is InChI=1S/C11H12ClN3/c1-15(10-6-3-7-14-10)11-8(12)4-2-5-9(11)13/h2-7,14H,13H2,1H3. The van der Waals surface area contributed by atoms with Crippen molar-refractivity contribution in [3.63, 3.8) is 0 Å². The molecule has 15 heavy (non-hydrogen) atoms. The summed E-state index contributed by atoms with van der Waals surface area (Å²) in [6, 6.07) is 9.39. The number of nitrogens with zero attached hydrogens (tertiary/aromatic N) is 1. The van der Waals surface area contributed by atoms with Crippen LogP contribution in [-0.4, -0.2) is 12.0 Å². The molecule has 0 radical (unpaired) electrons. The highest BCUT2D eigenvalue weighted by Crippen LogP contribution is 2.34. The van der Waals surface area contributed by atoms with E-state index in [2.05, 4.69) is 4.98 Å². The third kappa shape index (κ3) is 1.78. The Bertz CT molecular complexity index is 431. The molecule has 0 fully saturated rings. The van der Waals surface area contributed by atoms with Gasteiger partial charge in [-0.3, -0.25) is 0 Å². The molecule has 0 spiro atoms. The molecule has 0 unspecified atom stereocenters. The van der Waals surface area contributed by atoms with Crippen molar-refractivity contribution >= 4 is 28.8 Å². The molecule has 0 saturated carbocycles. The monoisotopic (exact) mass is 221 g/mol. The van der Waals surface area contributed by atoms with Gasteiger partial charge in [-0.2, -0.15) is 0 Å². The zero-order chi connectivity index (χ0) is 10.8. The lowest BCUT2D eigenvalue weighted by Gasteiger charge is -2.20. The van der Waals surface area contributed by atoms with E-state index in [9.17, 15) is 0 Å². The molecule has 2 aromatic rings. The zero-order valence-corrected chi connectivity index (χ0v) is 9.12. The Hall–Kier alpha value is -1.61. The summed E-state index contributed by atoms with van der Waals surface area (Å²) in [5, 5.41) is 0.645. The lowest BCUT2D eigenvalue weighted by molar-refractivity contribution is 1.15. The maximum absolute atomic E-state index is 6.11. The Labute approximate surface area is 93.5 Å². The Morgan fingerprint density at radius 3 is 2.67 bits per heavy atom. The molecule has 2 rings (SSSR count). The van der Waals surface area contributed by atoms with Gasteiger partial charge in [-0.15, -0.1) is 0 Å². The summed E-state index contributed by atoms with van der Waals surface area (Å²) in [4.78, 5) is 5.03. The molecule has 0 atom stereocenters. The van der Waals surface area contributed by atoms with Crippen molar-refractivity contribution in [3.8, 4) is 0 Å². The van der Waals surface area contributed by atoms with Crippen LogP contribution in [-0.2, 0) is 0 Å². The molecule has 3 nitrogen and oxygen atoms in total. The number of aromatic nitrogens is 1. The number of nitrogen functional groups attached to an aromatic ring is 1. The van der Waals surface area contributed by atoms with Gasteiger partial charge in [0.25, 0.3) is 0 Å². The van der Waals surface area contributed by atoms with Crippen LogP contribution in [0.1, 0.15) is 0 Å². The molecule has 0 aliphatic rings. The third-order valence-electron chi connectivity index (χ3n) is 2.30. The molecule has 0 aliphatic heterocycles. The van der Waals surface area contributed by atoms with Crippen LogP contribution < -0.4 is 10.6 Å². The molecule has 0 aliphatic carbocycles. The summed E-state index contributed by atoms with van der Waals surface area (Å²) in [5.74, 6) is 0.954.